The lowest BCUT2D eigenvalue weighted by Gasteiger charge is -1.97. The molecule has 0 saturated carbocycles. The minimum absolute atomic E-state index is 0.234. The van der Waals surface area contributed by atoms with Crippen molar-refractivity contribution in [1.82, 2.24) is 0 Å². The molecule has 1 aromatic rings. The fourth-order valence-corrected chi connectivity index (χ4v) is 0.837. The summed E-state index contributed by atoms with van der Waals surface area (Å²) in [5.74, 6) is -2.06. The maximum absolute atomic E-state index is 12.6. The van der Waals surface area contributed by atoms with Crippen molar-refractivity contribution in [3.63, 3.8) is 0 Å². The Balaban J connectivity index is 3.35. The molecule has 0 aliphatic rings. The van der Waals surface area contributed by atoms with Crippen LogP contribution < -0.4 is 5.46 Å². The van der Waals surface area contributed by atoms with Gasteiger partial charge in [-0.2, -0.15) is 0 Å². The van der Waals surface area contributed by atoms with Crippen LogP contribution in [0.5, 0.6) is 0 Å². The van der Waals surface area contributed by atoms with Crippen molar-refractivity contribution in [3.8, 4) is 0 Å². The summed E-state index contributed by atoms with van der Waals surface area (Å²) in [5, 5.41) is 0. The molecule has 1 rings (SSSR count). The Kier molecular flexibility index (Phi) is 2.03. The predicted octanol–water partition coefficient (Wildman–Crippen LogP) is 0.0357. The number of rotatable bonds is 1. The predicted molar refractivity (Wildman–Crippen MR) is 39.9 cm³/mol. The van der Waals surface area contributed by atoms with Crippen molar-refractivity contribution in [1.29, 1.82) is 0 Å². The third-order valence-electron chi connectivity index (χ3n) is 1.33. The van der Waals surface area contributed by atoms with Gasteiger partial charge in [0, 0.05) is 0 Å². The zero-order valence-electron chi connectivity index (χ0n) is 5.90. The van der Waals surface area contributed by atoms with E-state index in [0.29, 0.717) is 11.7 Å². The second-order valence-corrected chi connectivity index (χ2v) is 2.27. The molecule has 0 aliphatic heterocycles. The molecule has 0 N–H and O–H groups in total. The summed E-state index contributed by atoms with van der Waals surface area (Å²) in [4.78, 5) is 10.1. The first-order chi connectivity index (χ1) is 5.15. The highest BCUT2D eigenvalue weighted by Crippen LogP contribution is 2.06. The van der Waals surface area contributed by atoms with Gasteiger partial charge in [0.2, 0.25) is 0 Å². The van der Waals surface area contributed by atoms with Crippen LogP contribution in [0.1, 0.15) is 10.4 Å². The van der Waals surface area contributed by atoms with Gasteiger partial charge in [-0.3, -0.25) is 4.79 Å². The quantitative estimate of drug-likeness (QED) is 0.412. The highest BCUT2D eigenvalue weighted by atomic mass is 19.2. The van der Waals surface area contributed by atoms with E-state index in [2.05, 4.69) is 0 Å². The molecule has 56 valence electrons. The summed E-state index contributed by atoms with van der Waals surface area (Å²) < 4.78 is 25.1. The van der Waals surface area contributed by atoms with Gasteiger partial charge in [0.05, 0.1) is 5.56 Å². The lowest BCUT2D eigenvalue weighted by Crippen LogP contribution is -2.07. The lowest BCUT2D eigenvalue weighted by molar-refractivity contribution is 0.111. The molecule has 0 bridgehead atoms. The van der Waals surface area contributed by atoms with Gasteiger partial charge in [-0.25, -0.2) is 8.78 Å². The van der Waals surface area contributed by atoms with Crippen LogP contribution in [0.15, 0.2) is 12.1 Å². The first-order valence-corrected chi connectivity index (χ1v) is 3.06. The van der Waals surface area contributed by atoms with Crippen LogP contribution in [-0.4, -0.2) is 14.1 Å². The van der Waals surface area contributed by atoms with Gasteiger partial charge in [0.1, 0.15) is 7.85 Å². The summed E-state index contributed by atoms with van der Waals surface area (Å²) >= 11 is 0. The fourth-order valence-electron chi connectivity index (χ4n) is 0.837. The molecular weight excluding hydrogens is 149 g/mol. The van der Waals surface area contributed by atoms with E-state index < -0.39 is 11.6 Å². The van der Waals surface area contributed by atoms with E-state index in [0.717, 1.165) is 6.07 Å². The van der Waals surface area contributed by atoms with Gasteiger partial charge >= 0.3 is 0 Å². The largest absolute Gasteiger partial charge is 0.298 e. The number of hydrogen-bond donors (Lipinski definition) is 0. The van der Waals surface area contributed by atoms with Gasteiger partial charge in [0.15, 0.2) is 17.9 Å². The molecule has 11 heavy (non-hydrogen) atoms. The molecule has 0 amide bonds. The molecule has 1 aromatic carbocycles. The zero-order valence-corrected chi connectivity index (χ0v) is 5.90. The monoisotopic (exact) mass is 154 g/mol. The Morgan fingerprint density at radius 2 is 2.00 bits per heavy atom. The average Bonchev–Trinajstić information content (AvgIpc) is 1.96. The van der Waals surface area contributed by atoms with Crippen molar-refractivity contribution in [2.24, 2.45) is 0 Å². The molecule has 0 heterocycles. The summed E-state index contributed by atoms with van der Waals surface area (Å²) in [6.07, 6.45) is 0.297. The van der Waals surface area contributed by atoms with E-state index in [1.807, 2.05) is 0 Å². The number of benzene rings is 1. The van der Waals surface area contributed by atoms with E-state index in [9.17, 15) is 13.6 Å². The maximum Gasteiger partial charge on any atom is 0.169 e. The Hall–Kier alpha value is -1.19. The number of carbonyl (C=O) groups is 1. The number of hydrogen-bond acceptors (Lipinski definition) is 1. The SMILES string of the molecule is Bc1cc(F)c(F)c(C=O)c1. The molecule has 0 spiro atoms. The molecule has 4 heteroatoms. The van der Waals surface area contributed by atoms with E-state index in [-0.39, 0.29) is 5.56 Å². The Labute approximate surface area is 63.4 Å². The smallest absolute Gasteiger partial charge is 0.169 e. The third-order valence-corrected chi connectivity index (χ3v) is 1.33. The molecule has 0 aliphatic carbocycles. The zero-order chi connectivity index (χ0) is 8.43. The molecule has 0 atom stereocenters. The first kappa shape index (κ1) is 7.92. The van der Waals surface area contributed by atoms with Crippen LogP contribution in [0.3, 0.4) is 0 Å². The minimum Gasteiger partial charge on any atom is -0.298 e. The summed E-state index contributed by atoms with van der Waals surface area (Å²) in [5.41, 5.74) is 0.300. The van der Waals surface area contributed by atoms with Crippen LogP contribution in [0.25, 0.3) is 0 Å². The van der Waals surface area contributed by atoms with Gasteiger partial charge in [-0.05, 0) is 6.07 Å². The van der Waals surface area contributed by atoms with Crippen molar-refractivity contribution in [2.45, 2.75) is 0 Å². The highest BCUT2D eigenvalue weighted by molar-refractivity contribution is 6.32. The maximum atomic E-state index is 12.6. The molecule has 0 saturated heterocycles. The number of carbonyl (C=O) groups excluding carboxylic acids is 1. The van der Waals surface area contributed by atoms with E-state index in [4.69, 9.17) is 0 Å². The van der Waals surface area contributed by atoms with Gasteiger partial charge in [0.25, 0.3) is 0 Å². The van der Waals surface area contributed by atoms with Crippen LogP contribution in [-0.2, 0) is 0 Å². The third kappa shape index (κ3) is 1.45. The fraction of sp³-hybridized carbons (Fsp3) is 0. The molecule has 0 radical (unpaired) electrons. The molecular formula is C7H5BF2O. The summed E-state index contributed by atoms with van der Waals surface area (Å²) in [6, 6.07) is 2.34. The van der Waals surface area contributed by atoms with E-state index in [1.54, 1.807) is 7.85 Å². The van der Waals surface area contributed by atoms with Gasteiger partial charge in [-0.1, -0.05) is 11.5 Å². The van der Waals surface area contributed by atoms with Crippen molar-refractivity contribution in [3.05, 3.63) is 29.3 Å². The topological polar surface area (TPSA) is 17.1 Å². The van der Waals surface area contributed by atoms with Crippen LogP contribution in [0, 0.1) is 11.6 Å². The Bertz CT molecular complexity index is 299. The van der Waals surface area contributed by atoms with Crippen LogP contribution >= 0.6 is 0 Å². The lowest BCUT2D eigenvalue weighted by atomic mass is 9.94. The highest BCUT2D eigenvalue weighted by Gasteiger charge is 2.07. The minimum atomic E-state index is -1.08. The summed E-state index contributed by atoms with van der Waals surface area (Å²) in [6.45, 7) is 0. The second kappa shape index (κ2) is 2.82. The normalized spacial score (nSPS) is 9.64. The Morgan fingerprint density at radius 3 is 2.55 bits per heavy atom. The average molecular weight is 154 g/mol. The van der Waals surface area contributed by atoms with Crippen molar-refractivity contribution in [2.75, 3.05) is 0 Å². The van der Waals surface area contributed by atoms with Crippen LogP contribution in [0.2, 0.25) is 0 Å². The summed E-state index contributed by atoms with van der Waals surface area (Å²) in [7, 11) is 1.59. The molecule has 0 fully saturated rings. The van der Waals surface area contributed by atoms with Crippen LogP contribution in [0.4, 0.5) is 8.78 Å². The molecule has 0 unspecified atom stereocenters. The molecule has 0 aromatic heterocycles. The van der Waals surface area contributed by atoms with Gasteiger partial charge in [-0.15, -0.1) is 0 Å². The van der Waals surface area contributed by atoms with Crippen molar-refractivity contribution < 1.29 is 13.6 Å². The van der Waals surface area contributed by atoms with E-state index in [1.165, 1.54) is 6.07 Å². The van der Waals surface area contributed by atoms with Gasteiger partial charge < -0.3 is 0 Å². The number of halogens is 2. The Morgan fingerprint density at radius 1 is 1.36 bits per heavy atom. The second-order valence-electron chi connectivity index (χ2n) is 2.27. The van der Waals surface area contributed by atoms with E-state index >= 15 is 0 Å². The molecule has 1 nitrogen and oxygen atoms in total. The standard InChI is InChI=1S/C7H5BF2O/c8-5-1-4(3-11)7(10)6(9)2-5/h1-3H,8H2. The van der Waals surface area contributed by atoms with Crippen molar-refractivity contribution >= 4 is 19.6 Å². The number of aldehydes is 1. The first-order valence-electron chi connectivity index (χ1n) is 3.06.